The van der Waals surface area contributed by atoms with Crippen LogP contribution in [0.15, 0.2) is 97.1 Å². The van der Waals surface area contributed by atoms with Crippen LogP contribution in [0.3, 0.4) is 0 Å². The Morgan fingerprint density at radius 1 is 0.536 bits per heavy atom. The van der Waals surface area contributed by atoms with Crippen LogP contribution in [0.5, 0.6) is 0 Å². The van der Waals surface area contributed by atoms with Crippen molar-refractivity contribution in [3.63, 3.8) is 0 Å². The highest BCUT2D eigenvalue weighted by Gasteiger charge is 2.10. The zero-order valence-electron chi connectivity index (χ0n) is 15.5. The molecule has 0 amide bonds. The summed E-state index contributed by atoms with van der Waals surface area (Å²) < 4.78 is 13.1. The van der Waals surface area contributed by atoms with Crippen molar-refractivity contribution in [1.29, 1.82) is 0 Å². The van der Waals surface area contributed by atoms with E-state index in [1.54, 1.807) is 12.1 Å². The summed E-state index contributed by atoms with van der Waals surface area (Å²) >= 11 is 0. The Labute approximate surface area is 164 Å². The van der Waals surface area contributed by atoms with Gasteiger partial charge in [-0.15, -0.1) is 0 Å². The Morgan fingerprint density at radius 2 is 0.857 bits per heavy atom. The van der Waals surface area contributed by atoms with Crippen molar-refractivity contribution in [3.8, 4) is 22.3 Å². The van der Waals surface area contributed by atoms with Crippen LogP contribution in [0.2, 0.25) is 0 Å². The molecule has 0 saturated heterocycles. The number of carbonyl (C=O) groups is 1. The molecule has 0 aliphatic heterocycles. The first-order valence-corrected chi connectivity index (χ1v) is 9.18. The molecule has 4 rings (SSSR count). The van der Waals surface area contributed by atoms with Gasteiger partial charge in [-0.2, -0.15) is 0 Å². The number of rotatable bonds is 4. The van der Waals surface area contributed by atoms with Crippen molar-refractivity contribution in [2.24, 2.45) is 0 Å². The summed E-state index contributed by atoms with van der Waals surface area (Å²) in [5.74, 6) is -0.272. The molecule has 0 saturated carbocycles. The Morgan fingerprint density at radius 3 is 1.25 bits per heavy atom. The zero-order valence-corrected chi connectivity index (χ0v) is 15.5. The van der Waals surface area contributed by atoms with Gasteiger partial charge in [0.05, 0.1) is 0 Å². The van der Waals surface area contributed by atoms with Crippen LogP contribution in [0.4, 0.5) is 4.39 Å². The minimum Gasteiger partial charge on any atom is -0.289 e. The molecule has 0 aliphatic carbocycles. The lowest BCUT2D eigenvalue weighted by molar-refractivity contribution is 0.103. The van der Waals surface area contributed by atoms with Crippen LogP contribution in [0.1, 0.15) is 21.5 Å². The van der Waals surface area contributed by atoms with Crippen molar-refractivity contribution < 1.29 is 9.18 Å². The Hall–Kier alpha value is -3.52. The average Bonchev–Trinajstić information content (AvgIpc) is 2.75. The topological polar surface area (TPSA) is 17.1 Å². The first kappa shape index (κ1) is 17.9. The van der Waals surface area contributed by atoms with Gasteiger partial charge in [0.2, 0.25) is 0 Å². The maximum Gasteiger partial charge on any atom is 0.193 e. The van der Waals surface area contributed by atoms with E-state index in [1.807, 2.05) is 48.5 Å². The molecule has 0 spiro atoms. The van der Waals surface area contributed by atoms with Crippen molar-refractivity contribution >= 4 is 5.78 Å². The number of ketones is 1. The lowest BCUT2D eigenvalue weighted by Crippen LogP contribution is -2.00. The average molecular weight is 366 g/mol. The first-order chi connectivity index (χ1) is 13.6. The molecule has 0 radical (unpaired) electrons. The number of halogens is 1. The Balaban J connectivity index is 1.54. The van der Waals surface area contributed by atoms with Gasteiger partial charge in [0.25, 0.3) is 0 Å². The second kappa shape index (κ2) is 7.61. The van der Waals surface area contributed by atoms with Crippen molar-refractivity contribution in [1.82, 2.24) is 0 Å². The van der Waals surface area contributed by atoms with Crippen LogP contribution in [-0.2, 0) is 0 Å². The fourth-order valence-corrected chi connectivity index (χ4v) is 3.18. The summed E-state index contributed by atoms with van der Waals surface area (Å²) in [6, 6.07) is 29.8. The third kappa shape index (κ3) is 3.77. The largest absolute Gasteiger partial charge is 0.289 e. The summed E-state index contributed by atoms with van der Waals surface area (Å²) in [5, 5.41) is 0. The molecule has 2 heteroatoms. The molecule has 0 atom stereocenters. The molecule has 0 heterocycles. The second-order valence-corrected chi connectivity index (χ2v) is 6.86. The van der Waals surface area contributed by atoms with Gasteiger partial charge >= 0.3 is 0 Å². The predicted octanol–water partition coefficient (Wildman–Crippen LogP) is 6.70. The third-order valence-corrected chi connectivity index (χ3v) is 4.86. The van der Waals surface area contributed by atoms with Gasteiger partial charge in [-0.1, -0.05) is 90.5 Å². The molecule has 0 fully saturated rings. The summed E-state index contributed by atoms with van der Waals surface area (Å²) in [5.41, 5.74) is 6.60. The van der Waals surface area contributed by atoms with Crippen molar-refractivity contribution in [3.05, 3.63) is 120 Å². The highest BCUT2D eigenvalue weighted by Crippen LogP contribution is 2.23. The van der Waals surface area contributed by atoms with Gasteiger partial charge in [-0.3, -0.25) is 4.79 Å². The predicted molar refractivity (Wildman–Crippen MR) is 112 cm³/mol. The summed E-state index contributed by atoms with van der Waals surface area (Å²) in [4.78, 5) is 12.8. The van der Waals surface area contributed by atoms with Crippen LogP contribution >= 0.6 is 0 Å². The van der Waals surface area contributed by atoms with E-state index >= 15 is 0 Å². The maximum absolute atomic E-state index is 13.1. The molecule has 0 N–H and O–H groups in total. The highest BCUT2D eigenvalue weighted by molar-refractivity contribution is 6.09. The second-order valence-electron chi connectivity index (χ2n) is 6.86. The van der Waals surface area contributed by atoms with E-state index in [1.165, 1.54) is 17.7 Å². The normalized spacial score (nSPS) is 10.6. The minimum absolute atomic E-state index is 0.0129. The fraction of sp³-hybridized carbons (Fsp3) is 0.0385. The number of carbonyl (C=O) groups excluding carboxylic acids is 1. The molecule has 0 bridgehead atoms. The van der Waals surface area contributed by atoms with Gasteiger partial charge < -0.3 is 0 Å². The molecular weight excluding hydrogens is 347 g/mol. The fourth-order valence-electron chi connectivity index (χ4n) is 3.18. The Kier molecular flexibility index (Phi) is 4.86. The van der Waals surface area contributed by atoms with E-state index in [9.17, 15) is 9.18 Å². The van der Waals surface area contributed by atoms with E-state index in [0.29, 0.717) is 11.1 Å². The molecule has 1 nitrogen and oxygen atoms in total. The van der Waals surface area contributed by atoms with Gasteiger partial charge in [-0.05, 0) is 41.3 Å². The van der Waals surface area contributed by atoms with E-state index in [-0.39, 0.29) is 11.6 Å². The van der Waals surface area contributed by atoms with Crippen LogP contribution in [0, 0.1) is 12.7 Å². The summed E-state index contributed by atoms with van der Waals surface area (Å²) in [6.07, 6.45) is 0. The van der Waals surface area contributed by atoms with E-state index in [4.69, 9.17) is 0 Å². The molecular formula is C26H19FO. The zero-order chi connectivity index (χ0) is 19.5. The van der Waals surface area contributed by atoms with Crippen LogP contribution in [-0.4, -0.2) is 5.78 Å². The standard InChI is InChI=1S/C26H19FO/c1-18-2-4-19(5-3-18)20-6-10-23(11-7-20)26(28)24-12-8-21(9-13-24)22-14-16-25(27)17-15-22/h2-17H,1H3. The lowest BCUT2D eigenvalue weighted by Gasteiger charge is -2.06. The van der Waals surface area contributed by atoms with E-state index in [0.717, 1.165) is 22.3 Å². The van der Waals surface area contributed by atoms with Gasteiger partial charge in [0, 0.05) is 11.1 Å². The molecule has 0 unspecified atom stereocenters. The minimum atomic E-state index is -0.260. The van der Waals surface area contributed by atoms with Gasteiger partial charge in [0.1, 0.15) is 5.82 Å². The SMILES string of the molecule is Cc1ccc(-c2ccc(C(=O)c3ccc(-c4ccc(F)cc4)cc3)cc2)cc1. The van der Waals surface area contributed by atoms with Gasteiger partial charge in [0.15, 0.2) is 5.78 Å². The molecule has 4 aromatic carbocycles. The molecule has 28 heavy (non-hydrogen) atoms. The summed E-state index contributed by atoms with van der Waals surface area (Å²) in [7, 11) is 0. The smallest absolute Gasteiger partial charge is 0.193 e. The lowest BCUT2D eigenvalue weighted by atomic mass is 9.97. The molecule has 0 aromatic heterocycles. The van der Waals surface area contributed by atoms with E-state index in [2.05, 4.69) is 31.2 Å². The third-order valence-electron chi connectivity index (χ3n) is 4.86. The first-order valence-electron chi connectivity index (χ1n) is 9.18. The molecule has 136 valence electrons. The van der Waals surface area contributed by atoms with E-state index < -0.39 is 0 Å². The summed E-state index contributed by atoms with van der Waals surface area (Å²) in [6.45, 7) is 2.06. The van der Waals surface area contributed by atoms with Gasteiger partial charge in [-0.25, -0.2) is 4.39 Å². The number of aryl methyl sites for hydroxylation is 1. The Bertz CT molecular complexity index is 1000. The van der Waals surface area contributed by atoms with Crippen LogP contribution in [0.25, 0.3) is 22.3 Å². The number of hydrogen-bond acceptors (Lipinski definition) is 1. The quantitative estimate of drug-likeness (QED) is 0.367. The maximum atomic E-state index is 13.1. The highest BCUT2D eigenvalue weighted by atomic mass is 19.1. The van der Waals surface area contributed by atoms with Crippen LogP contribution < -0.4 is 0 Å². The van der Waals surface area contributed by atoms with Crippen molar-refractivity contribution in [2.75, 3.05) is 0 Å². The van der Waals surface area contributed by atoms with Crippen molar-refractivity contribution in [2.45, 2.75) is 6.92 Å². The number of hydrogen-bond donors (Lipinski definition) is 0. The monoisotopic (exact) mass is 366 g/mol. The molecule has 0 aliphatic rings. The molecule has 4 aromatic rings. The number of benzene rings is 4.